The minimum Gasteiger partial charge on any atom is -0.394 e. The number of nitro groups is 1. The van der Waals surface area contributed by atoms with Crippen LogP contribution < -0.4 is 11.1 Å². The van der Waals surface area contributed by atoms with Crippen molar-refractivity contribution in [2.45, 2.75) is 30.2 Å². The normalized spacial score (nSPS) is 32.3. The molecule has 5 atom stereocenters. The number of nitro benzene ring substituents is 1. The van der Waals surface area contributed by atoms with Crippen LogP contribution in [0, 0.1) is 10.1 Å². The number of rotatable bonds is 5. The molecule has 0 bridgehead atoms. The molecule has 1 aromatic carbocycles. The summed E-state index contributed by atoms with van der Waals surface area (Å²) in [5, 5.41) is 41.9. The van der Waals surface area contributed by atoms with Gasteiger partial charge in [-0.15, -0.1) is 0 Å². The third kappa shape index (κ3) is 3.34. The van der Waals surface area contributed by atoms with Crippen LogP contribution in [0.1, 0.15) is 10.4 Å². The lowest BCUT2D eigenvalue weighted by molar-refractivity contribution is -0.384. The van der Waals surface area contributed by atoms with E-state index in [0.717, 1.165) is 29.3 Å². The summed E-state index contributed by atoms with van der Waals surface area (Å²) in [6.07, 6.45) is -2.96. The van der Waals surface area contributed by atoms with Crippen LogP contribution >= 0.6 is 0 Å². The highest BCUT2D eigenvalue weighted by Gasteiger charge is 2.48. The molecule has 6 N–H and O–H groups in total. The monoisotopic (exact) mass is 394 g/mol. The van der Waals surface area contributed by atoms with Crippen LogP contribution in [0.3, 0.4) is 0 Å². The van der Waals surface area contributed by atoms with Gasteiger partial charge in [0.2, 0.25) is 5.78 Å². The third-order valence-corrected chi connectivity index (χ3v) is 4.55. The number of benzene rings is 1. The van der Waals surface area contributed by atoms with Gasteiger partial charge in [0.1, 0.15) is 18.3 Å². The highest BCUT2D eigenvalue weighted by atomic mass is 16.6. The lowest BCUT2D eigenvalue weighted by atomic mass is 9.97. The summed E-state index contributed by atoms with van der Waals surface area (Å²) in [5.74, 6) is -0.715. The number of ketones is 1. The second kappa shape index (κ2) is 7.26. The van der Waals surface area contributed by atoms with Crippen molar-refractivity contribution in [2.24, 2.45) is 5.73 Å². The standard InChI is InChI=1S/C16H18N4O8/c17-16(13(24)8-1-3-9(4-2-8)20(26)27)5-6-19(15(25)18-16)14-12(23)11(22)10(7-21)28-14/h1-6,10-12,14,21-23H,7,17H2,(H,18,25)/t10-,11-,12-,14-,16?/m1/s1. The number of ether oxygens (including phenoxy) is 1. The van der Waals surface area contributed by atoms with Gasteiger partial charge in [-0.25, -0.2) is 4.79 Å². The molecular formula is C16H18N4O8. The molecule has 2 heterocycles. The van der Waals surface area contributed by atoms with Crippen molar-refractivity contribution in [3.63, 3.8) is 0 Å². The molecule has 1 aromatic rings. The molecule has 2 aliphatic rings. The van der Waals surface area contributed by atoms with Crippen molar-refractivity contribution >= 4 is 17.5 Å². The predicted molar refractivity (Wildman–Crippen MR) is 91.6 cm³/mol. The Kier molecular flexibility index (Phi) is 5.14. The quantitative estimate of drug-likeness (QED) is 0.223. The van der Waals surface area contributed by atoms with Crippen molar-refractivity contribution < 1.29 is 34.6 Å². The van der Waals surface area contributed by atoms with Crippen LogP contribution in [-0.4, -0.2) is 73.8 Å². The number of hydrogen-bond donors (Lipinski definition) is 5. The lowest BCUT2D eigenvalue weighted by Gasteiger charge is -2.36. The number of hydrogen-bond acceptors (Lipinski definition) is 9. The summed E-state index contributed by atoms with van der Waals surface area (Å²) < 4.78 is 5.27. The zero-order chi connectivity index (χ0) is 20.6. The number of urea groups is 1. The predicted octanol–water partition coefficient (Wildman–Crippen LogP) is -1.59. The number of amides is 2. The molecule has 2 amide bonds. The van der Waals surface area contributed by atoms with Gasteiger partial charge in [0, 0.05) is 23.9 Å². The van der Waals surface area contributed by atoms with E-state index in [2.05, 4.69) is 5.32 Å². The summed E-state index contributed by atoms with van der Waals surface area (Å²) in [5.41, 5.74) is 3.88. The molecule has 0 saturated carbocycles. The van der Waals surface area contributed by atoms with E-state index in [9.17, 15) is 29.9 Å². The Morgan fingerprint density at radius 2 is 1.96 bits per heavy atom. The third-order valence-electron chi connectivity index (χ3n) is 4.55. The van der Waals surface area contributed by atoms with Crippen LogP contribution in [0.2, 0.25) is 0 Å². The second-order valence-corrected chi connectivity index (χ2v) is 6.38. The second-order valence-electron chi connectivity index (χ2n) is 6.38. The van der Waals surface area contributed by atoms with Crippen LogP contribution in [0.5, 0.6) is 0 Å². The molecule has 3 rings (SSSR count). The maximum atomic E-state index is 12.7. The first-order valence-corrected chi connectivity index (χ1v) is 8.18. The number of Topliss-reactive ketones (excluding diaryl/α,β-unsaturated/α-hetero) is 1. The van der Waals surface area contributed by atoms with E-state index >= 15 is 0 Å². The van der Waals surface area contributed by atoms with Crippen LogP contribution in [-0.2, 0) is 4.74 Å². The Balaban J connectivity index is 1.80. The van der Waals surface area contributed by atoms with E-state index in [4.69, 9.17) is 15.6 Å². The zero-order valence-electron chi connectivity index (χ0n) is 14.3. The lowest BCUT2D eigenvalue weighted by Crippen LogP contribution is -2.66. The Hall–Kier alpha value is -2.90. The maximum Gasteiger partial charge on any atom is 0.325 e. The van der Waals surface area contributed by atoms with Gasteiger partial charge in [-0.1, -0.05) is 0 Å². The van der Waals surface area contributed by atoms with Crippen molar-refractivity contribution in [3.8, 4) is 0 Å². The molecule has 12 heteroatoms. The molecule has 0 aromatic heterocycles. The SMILES string of the molecule is NC1(C(=O)c2ccc([N+](=O)[O-])cc2)C=CN([C@@H]2O[C@H](CO)[C@@H](O)[C@H]2O)C(=O)N1. The van der Waals surface area contributed by atoms with Gasteiger partial charge in [-0.2, -0.15) is 0 Å². The number of carbonyl (C=O) groups excluding carboxylic acids is 2. The van der Waals surface area contributed by atoms with Crippen molar-refractivity contribution in [2.75, 3.05) is 6.61 Å². The molecule has 28 heavy (non-hydrogen) atoms. The largest absolute Gasteiger partial charge is 0.394 e. The topological polar surface area (TPSA) is 188 Å². The fraction of sp³-hybridized carbons (Fsp3) is 0.375. The molecule has 1 saturated heterocycles. The first kappa shape index (κ1) is 19.9. The number of aliphatic hydroxyl groups is 3. The van der Waals surface area contributed by atoms with Gasteiger partial charge < -0.3 is 25.4 Å². The summed E-state index contributed by atoms with van der Waals surface area (Å²) in [4.78, 5) is 36.1. The molecule has 0 spiro atoms. The van der Waals surface area contributed by atoms with Crippen LogP contribution in [0.25, 0.3) is 0 Å². The summed E-state index contributed by atoms with van der Waals surface area (Å²) in [7, 11) is 0. The van der Waals surface area contributed by atoms with Gasteiger partial charge in [-0.05, 0) is 18.2 Å². The van der Waals surface area contributed by atoms with E-state index in [1.807, 2.05) is 0 Å². The highest BCUT2D eigenvalue weighted by molar-refractivity contribution is 6.06. The number of nitrogens with two attached hydrogens (primary N) is 1. The average Bonchev–Trinajstić information content (AvgIpc) is 2.95. The summed E-state index contributed by atoms with van der Waals surface area (Å²) >= 11 is 0. The van der Waals surface area contributed by atoms with Crippen LogP contribution in [0.15, 0.2) is 36.5 Å². The van der Waals surface area contributed by atoms with Gasteiger partial charge in [0.25, 0.3) is 5.69 Å². The number of nitrogens with zero attached hydrogens (tertiary/aromatic N) is 2. The first-order chi connectivity index (χ1) is 13.2. The molecule has 2 aliphatic heterocycles. The maximum absolute atomic E-state index is 12.7. The minimum absolute atomic E-state index is 0.0411. The van der Waals surface area contributed by atoms with Gasteiger partial charge in [0.15, 0.2) is 11.9 Å². The van der Waals surface area contributed by atoms with E-state index in [0.29, 0.717) is 0 Å². The Morgan fingerprint density at radius 3 is 2.46 bits per heavy atom. The Labute approximate surface area is 158 Å². The zero-order valence-corrected chi connectivity index (χ0v) is 14.3. The fourth-order valence-electron chi connectivity index (χ4n) is 2.96. The number of aliphatic hydroxyl groups excluding tert-OH is 3. The fourth-order valence-corrected chi connectivity index (χ4v) is 2.96. The molecule has 0 aliphatic carbocycles. The molecule has 12 nitrogen and oxygen atoms in total. The smallest absolute Gasteiger partial charge is 0.325 e. The first-order valence-electron chi connectivity index (χ1n) is 8.18. The van der Waals surface area contributed by atoms with E-state index in [-0.39, 0.29) is 11.3 Å². The Bertz CT molecular complexity index is 828. The van der Waals surface area contributed by atoms with Gasteiger partial charge >= 0.3 is 6.03 Å². The van der Waals surface area contributed by atoms with Crippen LogP contribution in [0.4, 0.5) is 10.5 Å². The van der Waals surface area contributed by atoms with Crippen molar-refractivity contribution in [3.05, 3.63) is 52.2 Å². The molecule has 0 radical (unpaired) electrons. The number of non-ortho nitro benzene ring substituents is 1. The van der Waals surface area contributed by atoms with Crippen molar-refractivity contribution in [1.29, 1.82) is 0 Å². The minimum atomic E-state index is -1.93. The molecule has 150 valence electrons. The van der Waals surface area contributed by atoms with Crippen molar-refractivity contribution in [1.82, 2.24) is 10.2 Å². The molecular weight excluding hydrogens is 376 g/mol. The van der Waals surface area contributed by atoms with Gasteiger partial charge in [-0.3, -0.25) is 25.5 Å². The highest BCUT2D eigenvalue weighted by Crippen LogP contribution is 2.27. The average molecular weight is 394 g/mol. The van der Waals surface area contributed by atoms with E-state index in [1.165, 1.54) is 12.1 Å². The number of carbonyl (C=O) groups is 2. The Morgan fingerprint density at radius 1 is 1.32 bits per heavy atom. The van der Waals surface area contributed by atoms with E-state index < -0.39 is 53.5 Å². The van der Waals surface area contributed by atoms with Gasteiger partial charge in [0.05, 0.1) is 11.5 Å². The molecule has 1 unspecified atom stereocenters. The molecule has 1 fully saturated rings. The van der Waals surface area contributed by atoms with E-state index in [1.54, 1.807) is 0 Å². The summed E-state index contributed by atoms with van der Waals surface area (Å²) in [6.45, 7) is -0.562. The summed E-state index contributed by atoms with van der Waals surface area (Å²) in [6, 6.07) is 3.82. The number of nitrogens with one attached hydrogen (secondary N) is 1.